The molecule has 1 N–H and O–H groups in total. The fourth-order valence-corrected chi connectivity index (χ4v) is 4.21. The van der Waals surface area contributed by atoms with Gasteiger partial charge in [-0.25, -0.2) is 4.99 Å². The van der Waals surface area contributed by atoms with Gasteiger partial charge in [0.15, 0.2) is 0 Å². The number of anilines is 1. The first kappa shape index (κ1) is 21.1. The largest absolute Gasteiger partial charge is 0.325 e. The number of nitrogens with one attached hydrogen (secondary N) is 1. The van der Waals surface area contributed by atoms with Gasteiger partial charge < -0.3 is 5.32 Å². The Balaban J connectivity index is 1.52. The normalized spacial score (nSPS) is 13.0. The van der Waals surface area contributed by atoms with Gasteiger partial charge in [-0.2, -0.15) is 0 Å². The van der Waals surface area contributed by atoms with Crippen molar-refractivity contribution in [2.24, 2.45) is 9.98 Å². The van der Waals surface area contributed by atoms with Crippen LogP contribution in [0, 0.1) is 6.92 Å². The predicted molar refractivity (Wildman–Crippen MR) is 132 cm³/mol. The first-order valence-electron chi connectivity index (χ1n) is 10.4. The van der Waals surface area contributed by atoms with Crippen LogP contribution in [0.15, 0.2) is 82.8 Å². The van der Waals surface area contributed by atoms with Crippen molar-refractivity contribution in [1.82, 2.24) is 0 Å². The lowest BCUT2D eigenvalue weighted by molar-refractivity contribution is -0.113. The molecule has 0 aromatic heterocycles. The van der Waals surface area contributed by atoms with E-state index in [0.717, 1.165) is 45.4 Å². The first-order valence-corrected chi connectivity index (χ1v) is 11.4. The Kier molecular flexibility index (Phi) is 6.63. The van der Waals surface area contributed by atoms with Crippen molar-refractivity contribution >= 4 is 45.5 Å². The Labute approximate surface area is 187 Å². The topological polar surface area (TPSA) is 53.8 Å². The maximum atomic E-state index is 12.6. The fraction of sp³-hybridized carbons (Fsp3) is 0.192. The van der Waals surface area contributed by atoms with E-state index >= 15 is 0 Å². The number of para-hydroxylation sites is 3. The molecular weight excluding hydrogens is 402 g/mol. The molecular formula is C26H25N3OS. The summed E-state index contributed by atoms with van der Waals surface area (Å²) < 4.78 is 0. The number of hydrogen-bond acceptors (Lipinski definition) is 4. The third-order valence-electron chi connectivity index (χ3n) is 5.13. The summed E-state index contributed by atoms with van der Waals surface area (Å²) in [5, 5.41) is 3.93. The number of amides is 1. The monoisotopic (exact) mass is 427 g/mol. The van der Waals surface area contributed by atoms with E-state index in [9.17, 15) is 4.79 Å². The summed E-state index contributed by atoms with van der Waals surface area (Å²) in [5.74, 6) is 0.278. The molecule has 0 fully saturated rings. The Bertz CT molecular complexity index is 1150. The number of aliphatic imine (C=N–C) groups is 2. The highest BCUT2D eigenvalue weighted by atomic mass is 32.2. The SMILES string of the molecule is CCc1ccccc1NC(=O)CSC1=Nc2ccccc2N=C(c2ccc(C)cc2)C1. The molecule has 0 spiro atoms. The van der Waals surface area contributed by atoms with Gasteiger partial charge in [0, 0.05) is 12.1 Å². The Morgan fingerprint density at radius 3 is 2.35 bits per heavy atom. The molecule has 4 nitrogen and oxygen atoms in total. The Morgan fingerprint density at radius 2 is 1.61 bits per heavy atom. The molecule has 1 aliphatic rings. The number of aryl methyl sites for hydroxylation is 2. The van der Waals surface area contributed by atoms with Crippen molar-refractivity contribution in [2.75, 3.05) is 11.1 Å². The minimum Gasteiger partial charge on any atom is -0.325 e. The number of fused-ring (bicyclic) bond motifs is 1. The van der Waals surface area contributed by atoms with Crippen LogP contribution in [0.25, 0.3) is 0 Å². The summed E-state index contributed by atoms with van der Waals surface area (Å²) >= 11 is 1.47. The van der Waals surface area contributed by atoms with Gasteiger partial charge in [-0.15, -0.1) is 11.8 Å². The third kappa shape index (κ3) is 5.30. The van der Waals surface area contributed by atoms with E-state index in [4.69, 9.17) is 9.98 Å². The lowest BCUT2D eigenvalue weighted by Gasteiger charge is -2.10. The van der Waals surface area contributed by atoms with Gasteiger partial charge in [0.05, 0.1) is 27.9 Å². The number of rotatable bonds is 5. The number of carbonyl (C=O) groups excluding carboxylic acids is 1. The zero-order chi connectivity index (χ0) is 21.6. The predicted octanol–water partition coefficient (Wildman–Crippen LogP) is 6.48. The van der Waals surface area contributed by atoms with Crippen LogP contribution in [0.4, 0.5) is 17.1 Å². The molecule has 0 atom stereocenters. The zero-order valence-electron chi connectivity index (χ0n) is 17.8. The van der Waals surface area contributed by atoms with Crippen LogP contribution in [0.5, 0.6) is 0 Å². The standard InChI is InChI=1S/C26H25N3OS/c1-3-19-8-4-5-9-21(19)28-25(30)17-31-26-16-24(20-14-12-18(2)13-15-20)27-22-10-6-7-11-23(22)29-26/h4-15H,3,16-17H2,1-2H3,(H,28,30). The van der Waals surface area contributed by atoms with Crippen molar-refractivity contribution in [3.63, 3.8) is 0 Å². The molecule has 0 bridgehead atoms. The summed E-state index contributed by atoms with van der Waals surface area (Å²) in [6.07, 6.45) is 1.48. The van der Waals surface area contributed by atoms with Crippen LogP contribution < -0.4 is 5.32 Å². The summed E-state index contributed by atoms with van der Waals surface area (Å²) in [6, 6.07) is 24.2. The number of nitrogens with zero attached hydrogens (tertiary/aromatic N) is 2. The molecule has 3 aromatic carbocycles. The fourth-order valence-electron chi connectivity index (χ4n) is 3.44. The number of benzene rings is 3. The number of thioether (sulfide) groups is 1. The van der Waals surface area contributed by atoms with Gasteiger partial charge in [0.25, 0.3) is 0 Å². The van der Waals surface area contributed by atoms with E-state index < -0.39 is 0 Å². The summed E-state index contributed by atoms with van der Waals surface area (Å²) in [6.45, 7) is 4.16. The molecule has 31 heavy (non-hydrogen) atoms. The van der Waals surface area contributed by atoms with Gasteiger partial charge in [0.2, 0.25) is 5.91 Å². The maximum absolute atomic E-state index is 12.6. The summed E-state index contributed by atoms with van der Waals surface area (Å²) in [4.78, 5) is 22.4. The van der Waals surface area contributed by atoms with E-state index in [-0.39, 0.29) is 5.91 Å². The second-order valence-corrected chi connectivity index (χ2v) is 8.49. The molecule has 0 saturated heterocycles. The quantitative estimate of drug-likeness (QED) is 0.506. The molecule has 1 amide bonds. The lowest BCUT2D eigenvalue weighted by Crippen LogP contribution is -2.17. The van der Waals surface area contributed by atoms with Crippen molar-refractivity contribution in [2.45, 2.75) is 26.7 Å². The van der Waals surface area contributed by atoms with Crippen molar-refractivity contribution in [3.8, 4) is 0 Å². The summed E-state index contributed by atoms with van der Waals surface area (Å²) in [7, 11) is 0. The van der Waals surface area contributed by atoms with Crippen LogP contribution in [0.3, 0.4) is 0 Å². The molecule has 3 aromatic rings. The highest BCUT2D eigenvalue weighted by Gasteiger charge is 2.17. The molecule has 5 heteroatoms. The molecule has 1 aliphatic heterocycles. The van der Waals surface area contributed by atoms with E-state index in [1.165, 1.54) is 17.3 Å². The van der Waals surface area contributed by atoms with E-state index in [1.54, 1.807) is 0 Å². The maximum Gasteiger partial charge on any atom is 0.234 e. The molecule has 0 radical (unpaired) electrons. The van der Waals surface area contributed by atoms with E-state index in [0.29, 0.717) is 12.2 Å². The number of hydrogen-bond donors (Lipinski definition) is 1. The third-order valence-corrected chi connectivity index (χ3v) is 6.10. The highest BCUT2D eigenvalue weighted by molar-refractivity contribution is 8.14. The van der Waals surface area contributed by atoms with Crippen molar-refractivity contribution < 1.29 is 4.79 Å². The lowest BCUT2D eigenvalue weighted by atomic mass is 10.1. The molecule has 1 heterocycles. The Morgan fingerprint density at radius 1 is 0.935 bits per heavy atom. The van der Waals surface area contributed by atoms with Crippen LogP contribution in [-0.2, 0) is 11.2 Å². The van der Waals surface area contributed by atoms with Crippen LogP contribution in [0.1, 0.15) is 30.0 Å². The van der Waals surface area contributed by atoms with E-state index in [2.05, 4.69) is 43.4 Å². The van der Waals surface area contributed by atoms with Gasteiger partial charge in [-0.1, -0.05) is 67.1 Å². The van der Waals surface area contributed by atoms with Gasteiger partial charge in [-0.05, 0) is 42.7 Å². The molecule has 156 valence electrons. The minimum atomic E-state index is -0.0278. The molecule has 0 saturated carbocycles. The van der Waals surface area contributed by atoms with Gasteiger partial charge in [-0.3, -0.25) is 9.79 Å². The van der Waals surface area contributed by atoms with E-state index in [1.807, 2.05) is 48.5 Å². The van der Waals surface area contributed by atoms with Crippen LogP contribution >= 0.6 is 11.8 Å². The molecule has 0 aliphatic carbocycles. The molecule has 0 unspecified atom stereocenters. The average Bonchev–Trinajstić information content (AvgIpc) is 2.98. The van der Waals surface area contributed by atoms with Crippen molar-refractivity contribution in [1.29, 1.82) is 0 Å². The first-order chi connectivity index (χ1) is 15.1. The smallest absolute Gasteiger partial charge is 0.234 e. The van der Waals surface area contributed by atoms with Crippen molar-refractivity contribution in [3.05, 3.63) is 89.5 Å². The van der Waals surface area contributed by atoms with Gasteiger partial charge >= 0.3 is 0 Å². The number of carbonyl (C=O) groups is 1. The molecule has 4 rings (SSSR count). The highest BCUT2D eigenvalue weighted by Crippen LogP contribution is 2.33. The Hall–Kier alpha value is -3.18. The summed E-state index contributed by atoms with van der Waals surface area (Å²) in [5.41, 5.74) is 6.97. The van der Waals surface area contributed by atoms with Crippen LogP contribution in [-0.4, -0.2) is 22.4 Å². The second kappa shape index (κ2) is 9.75. The average molecular weight is 428 g/mol. The zero-order valence-corrected chi connectivity index (χ0v) is 18.6. The van der Waals surface area contributed by atoms with Crippen LogP contribution in [0.2, 0.25) is 0 Å². The van der Waals surface area contributed by atoms with Gasteiger partial charge in [0.1, 0.15) is 0 Å². The minimum absolute atomic E-state index is 0.0278. The second-order valence-electron chi connectivity index (χ2n) is 7.44.